The topological polar surface area (TPSA) is 89.7 Å². The number of ether oxygens (including phenoxy) is 2. The number of rotatable bonds is 5. The van der Waals surface area contributed by atoms with Gasteiger partial charge in [0.1, 0.15) is 5.82 Å². The quantitative estimate of drug-likeness (QED) is 0.567. The van der Waals surface area contributed by atoms with Crippen LogP contribution in [0.2, 0.25) is 5.02 Å². The van der Waals surface area contributed by atoms with E-state index in [-0.39, 0.29) is 24.2 Å². The van der Waals surface area contributed by atoms with Crippen LogP contribution < -0.4 is 14.8 Å². The maximum absolute atomic E-state index is 13.2. The molecular weight excluding hydrogens is 463 g/mol. The van der Waals surface area contributed by atoms with Crippen molar-refractivity contribution < 1.29 is 23.2 Å². The highest BCUT2D eigenvalue weighted by Crippen LogP contribution is 2.37. The Labute approximate surface area is 201 Å². The van der Waals surface area contributed by atoms with Crippen molar-refractivity contribution in [1.29, 1.82) is 0 Å². The van der Waals surface area contributed by atoms with Gasteiger partial charge in [-0.3, -0.25) is 9.69 Å². The Hall–Kier alpha value is -3.17. The number of fused-ring (bicyclic) bond motifs is 1. The van der Waals surface area contributed by atoms with Crippen molar-refractivity contribution in [3.05, 3.63) is 53.1 Å². The second kappa shape index (κ2) is 9.99. The number of benzene rings is 2. The summed E-state index contributed by atoms with van der Waals surface area (Å²) in [5, 5.41) is 7.32. The Morgan fingerprint density at radius 2 is 1.91 bits per heavy atom. The summed E-state index contributed by atoms with van der Waals surface area (Å²) in [6.07, 6.45) is 2.57. The van der Waals surface area contributed by atoms with Crippen LogP contribution in [0, 0.1) is 5.82 Å². The largest absolute Gasteiger partial charge is 0.490 e. The summed E-state index contributed by atoms with van der Waals surface area (Å²) in [6, 6.07) is 9.33. The predicted octanol–water partition coefficient (Wildman–Crippen LogP) is 4.51. The number of hydrogen-bond acceptors (Lipinski definition) is 7. The van der Waals surface area contributed by atoms with Crippen LogP contribution in [0.3, 0.4) is 0 Å². The van der Waals surface area contributed by atoms with Gasteiger partial charge < -0.3 is 19.3 Å². The van der Waals surface area contributed by atoms with Crippen molar-refractivity contribution in [3.63, 3.8) is 0 Å². The molecule has 3 heterocycles. The number of aromatic nitrogens is 2. The molecule has 178 valence electrons. The number of halogens is 2. The first kappa shape index (κ1) is 22.6. The van der Waals surface area contributed by atoms with Crippen molar-refractivity contribution in [2.75, 3.05) is 38.2 Å². The van der Waals surface area contributed by atoms with Crippen LogP contribution in [0.15, 0.2) is 40.9 Å². The van der Waals surface area contributed by atoms with E-state index in [4.69, 9.17) is 25.6 Å². The van der Waals surface area contributed by atoms with Gasteiger partial charge in [-0.05, 0) is 43.7 Å². The molecule has 2 aliphatic heterocycles. The van der Waals surface area contributed by atoms with E-state index in [2.05, 4.69) is 20.4 Å². The summed E-state index contributed by atoms with van der Waals surface area (Å²) in [5.74, 6) is 1.63. The Balaban J connectivity index is 1.21. The van der Waals surface area contributed by atoms with E-state index in [1.807, 2.05) is 0 Å². The third-order valence-corrected chi connectivity index (χ3v) is 6.19. The first-order valence-electron chi connectivity index (χ1n) is 11.3. The van der Waals surface area contributed by atoms with E-state index in [0.29, 0.717) is 59.2 Å². The summed E-state index contributed by atoms with van der Waals surface area (Å²) < 4.78 is 30.0. The van der Waals surface area contributed by atoms with Crippen LogP contribution in [-0.2, 0) is 4.79 Å². The lowest BCUT2D eigenvalue weighted by atomic mass is 9.98. The molecule has 3 aromatic rings. The number of hydrogen-bond donors (Lipinski definition) is 1. The van der Waals surface area contributed by atoms with Crippen molar-refractivity contribution in [1.82, 2.24) is 15.0 Å². The van der Waals surface area contributed by atoms with Gasteiger partial charge in [0.2, 0.25) is 17.6 Å². The molecule has 2 aliphatic rings. The fourth-order valence-corrected chi connectivity index (χ4v) is 4.39. The van der Waals surface area contributed by atoms with Gasteiger partial charge in [-0.1, -0.05) is 16.8 Å². The Morgan fingerprint density at radius 3 is 2.71 bits per heavy atom. The van der Waals surface area contributed by atoms with Gasteiger partial charge >= 0.3 is 0 Å². The summed E-state index contributed by atoms with van der Waals surface area (Å²) in [7, 11) is 0. The van der Waals surface area contributed by atoms with Gasteiger partial charge in [-0.25, -0.2) is 4.39 Å². The lowest BCUT2D eigenvalue weighted by molar-refractivity contribution is -0.117. The molecule has 0 saturated carbocycles. The molecule has 1 amide bonds. The van der Waals surface area contributed by atoms with Crippen LogP contribution in [-0.4, -0.2) is 53.8 Å². The van der Waals surface area contributed by atoms with Crippen molar-refractivity contribution in [3.8, 4) is 22.9 Å². The van der Waals surface area contributed by atoms with E-state index < -0.39 is 0 Å². The number of carbonyl (C=O) groups excluding carboxylic acids is 1. The Morgan fingerprint density at radius 1 is 1.15 bits per heavy atom. The Kier molecular flexibility index (Phi) is 6.64. The maximum Gasteiger partial charge on any atom is 0.238 e. The second-order valence-corrected chi connectivity index (χ2v) is 8.82. The van der Waals surface area contributed by atoms with Crippen LogP contribution in [0.5, 0.6) is 11.5 Å². The van der Waals surface area contributed by atoms with Crippen molar-refractivity contribution >= 4 is 23.2 Å². The van der Waals surface area contributed by atoms with E-state index in [1.165, 1.54) is 12.1 Å². The molecule has 1 atom stereocenters. The third-order valence-electron chi connectivity index (χ3n) is 5.88. The molecule has 10 heteroatoms. The van der Waals surface area contributed by atoms with Crippen LogP contribution in [0.1, 0.15) is 31.1 Å². The van der Waals surface area contributed by atoms with Crippen LogP contribution >= 0.6 is 11.6 Å². The molecule has 1 N–H and O–H groups in total. The fourth-order valence-electron chi connectivity index (χ4n) is 4.19. The van der Waals surface area contributed by atoms with Crippen LogP contribution in [0.4, 0.5) is 10.1 Å². The zero-order valence-corrected chi connectivity index (χ0v) is 19.2. The number of nitrogens with zero attached hydrogens (tertiary/aromatic N) is 3. The SMILES string of the molecule is O=C(CN1CCCC(c2nc(-c3ccc(F)cc3)no2)C1)Nc1cc2c(cc1Cl)OCCCO2. The van der Waals surface area contributed by atoms with Gasteiger partial charge in [0.25, 0.3) is 0 Å². The molecule has 1 aromatic heterocycles. The minimum absolute atomic E-state index is 0.0184. The highest BCUT2D eigenvalue weighted by atomic mass is 35.5. The third kappa shape index (κ3) is 5.15. The summed E-state index contributed by atoms with van der Waals surface area (Å²) in [6.45, 7) is 2.73. The number of nitrogens with one attached hydrogen (secondary N) is 1. The molecule has 0 spiro atoms. The monoisotopic (exact) mass is 486 g/mol. The maximum atomic E-state index is 13.2. The average molecular weight is 487 g/mol. The number of piperidine rings is 1. The van der Waals surface area contributed by atoms with E-state index in [0.717, 1.165) is 25.8 Å². The number of amides is 1. The summed E-state index contributed by atoms with van der Waals surface area (Å²) in [4.78, 5) is 19.3. The average Bonchev–Trinajstić information content (AvgIpc) is 3.21. The molecule has 2 aromatic carbocycles. The van der Waals surface area contributed by atoms with Gasteiger partial charge in [0.15, 0.2) is 11.5 Å². The molecule has 34 heavy (non-hydrogen) atoms. The number of carbonyl (C=O) groups is 1. The minimum Gasteiger partial charge on any atom is -0.490 e. The molecule has 0 aliphatic carbocycles. The summed E-state index contributed by atoms with van der Waals surface area (Å²) >= 11 is 6.35. The molecule has 0 radical (unpaired) electrons. The normalized spacial score (nSPS) is 18.4. The molecule has 1 unspecified atom stereocenters. The molecule has 1 saturated heterocycles. The number of anilines is 1. The Bertz CT molecular complexity index is 1170. The smallest absolute Gasteiger partial charge is 0.238 e. The zero-order valence-electron chi connectivity index (χ0n) is 18.4. The van der Waals surface area contributed by atoms with Crippen LogP contribution in [0.25, 0.3) is 11.4 Å². The standard InChI is InChI=1S/C24H24ClFN4O4/c25-18-11-20-21(33-10-2-9-32-20)12-19(18)27-22(31)14-30-8-1-3-16(13-30)24-28-23(29-34-24)15-4-6-17(26)7-5-15/h4-7,11-12,16H,1-3,8-10,13-14H2,(H,27,31). The first-order chi connectivity index (χ1) is 16.5. The predicted molar refractivity (Wildman–Crippen MR) is 124 cm³/mol. The van der Waals surface area contributed by atoms with E-state index >= 15 is 0 Å². The fraction of sp³-hybridized carbons (Fsp3) is 0.375. The van der Waals surface area contributed by atoms with Gasteiger partial charge in [-0.15, -0.1) is 0 Å². The molecule has 1 fully saturated rings. The number of likely N-dealkylation sites (tertiary alicyclic amines) is 1. The molecular formula is C24H24ClFN4O4. The first-order valence-corrected chi connectivity index (χ1v) is 11.6. The van der Waals surface area contributed by atoms with Gasteiger partial charge in [0, 0.05) is 30.7 Å². The van der Waals surface area contributed by atoms with Gasteiger partial charge in [0.05, 0.1) is 36.4 Å². The van der Waals surface area contributed by atoms with Gasteiger partial charge in [-0.2, -0.15) is 4.98 Å². The van der Waals surface area contributed by atoms with E-state index in [1.54, 1.807) is 24.3 Å². The van der Waals surface area contributed by atoms with Crippen molar-refractivity contribution in [2.24, 2.45) is 0 Å². The summed E-state index contributed by atoms with van der Waals surface area (Å²) in [5.41, 5.74) is 1.18. The zero-order chi connectivity index (χ0) is 23.5. The molecule has 0 bridgehead atoms. The van der Waals surface area contributed by atoms with E-state index in [9.17, 15) is 9.18 Å². The van der Waals surface area contributed by atoms with Crippen molar-refractivity contribution in [2.45, 2.75) is 25.2 Å². The molecule has 5 rings (SSSR count). The minimum atomic E-state index is -0.318. The second-order valence-electron chi connectivity index (χ2n) is 8.41. The lowest BCUT2D eigenvalue weighted by Gasteiger charge is -2.30. The lowest BCUT2D eigenvalue weighted by Crippen LogP contribution is -2.39. The molecule has 8 nitrogen and oxygen atoms in total. The highest BCUT2D eigenvalue weighted by Gasteiger charge is 2.27. The highest BCUT2D eigenvalue weighted by molar-refractivity contribution is 6.34.